The van der Waals surface area contributed by atoms with Gasteiger partial charge in [-0.2, -0.15) is 13.2 Å². The first kappa shape index (κ1) is 11.4. The van der Waals surface area contributed by atoms with Crippen LogP contribution in [0.5, 0.6) is 0 Å². The number of carbonyl (C=O) groups is 1. The van der Waals surface area contributed by atoms with Crippen LogP contribution in [0.1, 0.15) is 18.4 Å². The Hall–Kier alpha value is -1.72. The first-order valence-corrected chi connectivity index (χ1v) is 5.75. The van der Waals surface area contributed by atoms with Gasteiger partial charge >= 0.3 is 6.18 Å². The largest absolute Gasteiger partial charge is 0.416 e. The number of hydrogen-bond donors (Lipinski definition) is 1. The second-order valence-electron chi connectivity index (χ2n) is 4.57. The standard InChI is InChI=1S/C12H11F3N2O/c13-12(14,15)7-3-4-8-10(6-7)17-5-1-2-9(17)11(18)16-8/h3-4,6,9H,1-2,5H2,(H,16,18)/t9-/m0/s1. The molecule has 0 saturated carbocycles. The summed E-state index contributed by atoms with van der Waals surface area (Å²) in [5.74, 6) is -0.125. The summed E-state index contributed by atoms with van der Waals surface area (Å²) < 4.78 is 38.0. The number of fused-ring (bicyclic) bond motifs is 3. The predicted octanol–water partition coefficient (Wildman–Crippen LogP) is 2.63. The minimum Gasteiger partial charge on any atom is -0.358 e. The molecular formula is C12H11F3N2O. The molecule has 3 nitrogen and oxygen atoms in total. The molecular weight excluding hydrogens is 245 g/mol. The van der Waals surface area contributed by atoms with Crippen molar-refractivity contribution in [1.29, 1.82) is 0 Å². The molecule has 1 atom stereocenters. The fourth-order valence-electron chi connectivity index (χ4n) is 2.59. The minimum atomic E-state index is -4.36. The van der Waals surface area contributed by atoms with Crippen LogP contribution in [-0.2, 0) is 11.0 Å². The van der Waals surface area contributed by atoms with Gasteiger partial charge in [-0.05, 0) is 31.0 Å². The van der Waals surface area contributed by atoms with Crippen LogP contribution in [0.15, 0.2) is 18.2 Å². The summed E-state index contributed by atoms with van der Waals surface area (Å²) in [6.45, 7) is 0.631. The zero-order chi connectivity index (χ0) is 12.9. The Balaban J connectivity index is 2.08. The van der Waals surface area contributed by atoms with Gasteiger partial charge in [0.25, 0.3) is 0 Å². The first-order valence-electron chi connectivity index (χ1n) is 5.75. The molecule has 2 aliphatic rings. The van der Waals surface area contributed by atoms with Gasteiger partial charge in [0.15, 0.2) is 0 Å². The van der Waals surface area contributed by atoms with Crippen molar-refractivity contribution in [3.8, 4) is 0 Å². The number of rotatable bonds is 0. The molecule has 0 bridgehead atoms. The van der Waals surface area contributed by atoms with Gasteiger partial charge in [-0.1, -0.05) is 0 Å². The molecule has 96 valence electrons. The number of hydrogen-bond acceptors (Lipinski definition) is 2. The second kappa shape index (κ2) is 3.63. The maximum atomic E-state index is 12.7. The molecule has 1 amide bonds. The van der Waals surface area contributed by atoms with Crippen molar-refractivity contribution in [2.75, 3.05) is 16.8 Å². The van der Waals surface area contributed by atoms with Gasteiger partial charge in [0, 0.05) is 6.54 Å². The number of carbonyl (C=O) groups excluding carboxylic acids is 1. The van der Waals surface area contributed by atoms with Crippen molar-refractivity contribution in [2.45, 2.75) is 25.1 Å². The third-order valence-corrected chi connectivity index (χ3v) is 3.45. The van der Waals surface area contributed by atoms with E-state index in [9.17, 15) is 18.0 Å². The number of alkyl halides is 3. The zero-order valence-electron chi connectivity index (χ0n) is 9.42. The monoisotopic (exact) mass is 256 g/mol. The average Bonchev–Trinajstić information content (AvgIpc) is 2.77. The summed E-state index contributed by atoms with van der Waals surface area (Å²) in [5.41, 5.74) is 0.265. The normalized spacial score (nSPS) is 22.5. The number of nitrogens with zero attached hydrogens (tertiary/aromatic N) is 1. The Bertz CT molecular complexity index is 513. The van der Waals surface area contributed by atoms with E-state index in [-0.39, 0.29) is 11.9 Å². The Morgan fingerprint density at radius 3 is 2.83 bits per heavy atom. The highest BCUT2D eigenvalue weighted by atomic mass is 19.4. The van der Waals surface area contributed by atoms with Crippen molar-refractivity contribution >= 4 is 17.3 Å². The summed E-state index contributed by atoms with van der Waals surface area (Å²) in [6, 6.07) is 3.12. The zero-order valence-corrected chi connectivity index (χ0v) is 9.42. The molecule has 0 aliphatic carbocycles. The van der Waals surface area contributed by atoms with E-state index in [0.717, 1.165) is 18.6 Å². The third kappa shape index (κ3) is 1.63. The van der Waals surface area contributed by atoms with Crippen LogP contribution in [-0.4, -0.2) is 18.5 Å². The van der Waals surface area contributed by atoms with Gasteiger partial charge in [-0.3, -0.25) is 4.79 Å². The van der Waals surface area contributed by atoms with E-state index in [0.29, 0.717) is 24.3 Å². The SMILES string of the molecule is O=C1Nc2ccc(C(F)(F)F)cc2N2CCC[C@@H]12. The second-order valence-corrected chi connectivity index (χ2v) is 4.57. The molecule has 0 aromatic heterocycles. The molecule has 1 N–H and O–H groups in total. The van der Waals surface area contributed by atoms with E-state index >= 15 is 0 Å². The van der Waals surface area contributed by atoms with Crippen LogP contribution in [0.4, 0.5) is 24.5 Å². The van der Waals surface area contributed by atoms with E-state index in [1.807, 2.05) is 0 Å². The molecule has 2 aliphatic heterocycles. The van der Waals surface area contributed by atoms with Crippen LogP contribution in [0.3, 0.4) is 0 Å². The molecule has 0 unspecified atom stereocenters. The smallest absolute Gasteiger partial charge is 0.358 e. The molecule has 18 heavy (non-hydrogen) atoms. The molecule has 1 saturated heterocycles. The van der Waals surface area contributed by atoms with Gasteiger partial charge in [-0.25, -0.2) is 0 Å². The maximum absolute atomic E-state index is 12.7. The fourth-order valence-corrected chi connectivity index (χ4v) is 2.59. The van der Waals surface area contributed by atoms with E-state index in [1.54, 1.807) is 4.90 Å². The Morgan fingerprint density at radius 1 is 1.33 bits per heavy atom. The maximum Gasteiger partial charge on any atom is 0.416 e. The van der Waals surface area contributed by atoms with Gasteiger partial charge in [-0.15, -0.1) is 0 Å². The molecule has 6 heteroatoms. The topological polar surface area (TPSA) is 32.3 Å². The van der Waals surface area contributed by atoms with E-state index in [1.165, 1.54) is 6.07 Å². The lowest BCUT2D eigenvalue weighted by molar-refractivity contribution is -0.137. The van der Waals surface area contributed by atoms with Gasteiger partial charge in [0.2, 0.25) is 5.91 Å². The van der Waals surface area contributed by atoms with E-state index in [2.05, 4.69) is 5.32 Å². The summed E-state index contributed by atoms with van der Waals surface area (Å²) in [6.07, 6.45) is -2.83. The van der Waals surface area contributed by atoms with Crippen LogP contribution >= 0.6 is 0 Å². The Kier molecular flexibility index (Phi) is 2.30. The van der Waals surface area contributed by atoms with Crippen molar-refractivity contribution in [3.63, 3.8) is 0 Å². The number of nitrogens with one attached hydrogen (secondary N) is 1. The molecule has 0 radical (unpaired) electrons. The highest BCUT2D eigenvalue weighted by Gasteiger charge is 2.38. The number of anilines is 2. The van der Waals surface area contributed by atoms with E-state index < -0.39 is 11.7 Å². The summed E-state index contributed by atoms with van der Waals surface area (Å²) >= 11 is 0. The fraction of sp³-hybridized carbons (Fsp3) is 0.417. The van der Waals surface area contributed by atoms with Crippen LogP contribution in [0, 0.1) is 0 Å². The molecule has 1 aromatic carbocycles. The lowest BCUT2D eigenvalue weighted by Crippen LogP contribution is -2.44. The van der Waals surface area contributed by atoms with Crippen molar-refractivity contribution in [3.05, 3.63) is 23.8 Å². The molecule has 1 aromatic rings. The van der Waals surface area contributed by atoms with Crippen molar-refractivity contribution < 1.29 is 18.0 Å². The molecule has 2 heterocycles. The number of amides is 1. The minimum absolute atomic E-state index is 0.125. The average molecular weight is 256 g/mol. The Morgan fingerprint density at radius 2 is 2.11 bits per heavy atom. The van der Waals surface area contributed by atoms with Crippen LogP contribution in [0.25, 0.3) is 0 Å². The van der Waals surface area contributed by atoms with Crippen molar-refractivity contribution in [1.82, 2.24) is 0 Å². The summed E-state index contributed by atoms with van der Waals surface area (Å²) in [5, 5.41) is 2.66. The van der Waals surface area contributed by atoms with Gasteiger partial charge < -0.3 is 10.2 Å². The van der Waals surface area contributed by atoms with Crippen molar-refractivity contribution in [2.24, 2.45) is 0 Å². The quantitative estimate of drug-likeness (QED) is 0.774. The summed E-state index contributed by atoms with van der Waals surface area (Å²) in [4.78, 5) is 13.5. The van der Waals surface area contributed by atoms with Gasteiger partial charge in [0.1, 0.15) is 6.04 Å². The highest BCUT2D eigenvalue weighted by molar-refractivity contribution is 6.04. The predicted molar refractivity (Wildman–Crippen MR) is 60.4 cm³/mol. The highest BCUT2D eigenvalue weighted by Crippen LogP contribution is 2.40. The van der Waals surface area contributed by atoms with E-state index in [4.69, 9.17) is 0 Å². The third-order valence-electron chi connectivity index (χ3n) is 3.45. The lowest BCUT2D eigenvalue weighted by atomic mass is 10.1. The summed E-state index contributed by atoms with van der Waals surface area (Å²) in [7, 11) is 0. The Labute approximate surface area is 102 Å². The van der Waals surface area contributed by atoms with Crippen LogP contribution < -0.4 is 10.2 Å². The number of benzene rings is 1. The number of halogens is 3. The van der Waals surface area contributed by atoms with Crippen LogP contribution in [0.2, 0.25) is 0 Å². The van der Waals surface area contributed by atoms with Gasteiger partial charge in [0.05, 0.1) is 16.9 Å². The molecule has 1 fully saturated rings. The first-order chi connectivity index (χ1) is 8.47. The lowest BCUT2D eigenvalue weighted by Gasteiger charge is -2.33. The molecule has 3 rings (SSSR count). The molecule has 0 spiro atoms.